The molecule has 1 fully saturated rings. The number of nitriles is 2. The molecule has 0 unspecified atom stereocenters. The number of pyridine rings is 1. The van der Waals surface area contributed by atoms with E-state index in [2.05, 4.69) is 40.2 Å². The number of fused-ring (bicyclic) bond motifs is 1. The first kappa shape index (κ1) is 23.5. The van der Waals surface area contributed by atoms with Crippen LogP contribution in [0, 0.1) is 22.7 Å². The van der Waals surface area contributed by atoms with Crippen molar-refractivity contribution in [2.45, 2.75) is 19.3 Å². The summed E-state index contributed by atoms with van der Waals surface area (Å²) in [5.41, 5.74) is 3.15. The number of ether oxygens (including phenoxy) is 3. The summed E-state index contributed by atoms with van der Waals surface area (Å²) in [7, 11) is 1.61. The van der Waals surface area contributed by atoms with Crippen LogP contribution in [0.3, 0.4) is 0 Å². The molecule has 7 heteroatoms. The average Bonchev–Trinajstić information content (AvgIpc) is 2.90. The molecule has 0 amide bonds. The van der Waals surface area contributed by atoms with Gasteiger partial charge >= 0.3 is 0 Å². The van der Waals surface area contributed by atoms with Gasteiger partial charge in [-0.25, -0.2) is 4.98 Å². The number of anilines is 1. The third-order valence-electron chi connectivity index (χ3n) is 6.01. The summed E-state index contributed by atoms with van der Waals surface area (Å²) in [6.45, 7) is 3.75. The number of hydrogen-bond donors (Lipinski definition) is 0. The number of aromatic nitrogens is 1. The minimum absolute atomic E-state index is 0.201. The van der Waals surface area contributed by atoms with Gasteiger partial charge in [-0.2, -0.15) is 10.5 Å². The molecule has 0 N–H and O–H groups in total. The Bertz CT molecular complexity index is 1220. The van der Waals surface area contributed by atoms with Crippen molar-refractivity contribution in [3.8, 4) is 29.1 Å². The number of rotatable bonds is 9. The molecule has 1 saturated heterocycles. The van der Waals surface area contributed by atoms with E-state index in [0.717, 1.165) is 29.4 Å². The smallest absolute Gasteiger partial charge is 0.232 e. The number of benzene rings is 2. The van der Waals surface area contributed by atoms with Gasteiger partial charge in [0.05, 0.1) is 25.4 Å². The van der Waals surface area contributed by atoms with Gasteiger partial charge in [-0.05, 0) is 53.8 Å². The number of methoxy groups -OCH3 is 1. The van der Waals surface area contributed by atoms with E-state index in [1.165, 1.54) is 31.1 Å². The quantitative estimate of drug-likeness (QED) is 0.432. The maximum atomic E-state index is 9.91. The Morgan fingerprint density at radius 3 is 2.44 bits per heavy atom. The Morgan fingerprint density at radius 1 is 0.912 bits per heavy atom. The first-order chi connectivity index (χ1) is 16.7. The van der Waals surface area contributed by atoms with Crippen LogP contribution in [-0.4, -0.2) is 51.6 Å². The molecule has 0 bridgehead atoms. The SMILES string of the molecule is COCCOCCOc1ncc(C#N)c(-c2ccc3cc(N4CCCCC4)ccc3c2)c1C#N. The lowest BCUT2D eigenvalue weighted by molar-refractivity contribution is 0.0536. The van der Waals surface area contributed by atoms with E-state index >= 15 is 0 Å². The highest BCUT2D eigenvalue weighted by Crippen LogP contribution is 2.34. The van der Waals surface area contributed by atoms with Crippen LogP contribution in [0.2, 0.25) is 0 Å². The van der Waals surface area contributed by atoms with Gasteiger partial charge in [-0.1, -0.05) is 18.2 Å². The van der Waals surface area contributed by atoms with Crippen LogP contribution in [0.25, 0.3) is 21.9 Å². The van der Waals surface area contributed by atoms with E-state index in [0.29, 0.717) is 30.9 Å². The highest BCUT2D eigenvalue weighted by atomic mass is 16.5. The van der Waals surface area contributed by atoms with Crippen molar-refractivity contribution in [3.63, 3.8) is 0 Å². The lowest BCUT2D eigenvalue weighted by Gasteiger charge is -2.29. The Balaban J connectivity index is 1.62. The summed E-state index contributed by atoms with van der Waals surface area (Å²) in [5.74, 6) is 0.201. The van der Waals surface area contributed by atoms with Gasteiger partial charge in [-0.3, -0.25) is 0 Å². The molecular weight excluding hydrogens is 428 g/mol. The zero-order chi connectivity index (χ0) is 23.8. The van der Waals surface area contributed by atoms with Crippen LogP contribution in [0.1, 0.15) is 30.4 Å². The van der Waals surface area contributed by atoms with Crippen LogP contribution in [-0.2, 0) is 9.47 Å². The highest BCUT2D eigenvalue weighted by Gasteiger charge is 2.19. The van der Waals surface area contributed by atoms with Gasteiger partial charge in [0.15, 0.2) is 0 Å². The molecule has 1 aliphatic rings. The third kappa shape index (κ3) is 5.28. The topological polar surface area (TPSA) is 91.4 Å². The number of hydrogen-bond acceptors (Lipinski definition) is 7. The first-order valence-corrected chi connectivity index (χ1v) is 11.6. The molecule has 174 valence electrons. The highest BCUT2D eigenvalue weighted by molar-refractivity contribution is 5.91. The summed E-state index contributed by atoms with van der Waals surface area (Å²) in [4.78, 5) is 6.65. The average molecular weight is 457 g/mol. The lowest BCUT2D eigenvalue weighted by atomic mass is 9.95. The Hall–Kier alpha value is -3.65. The summed E-state index contributed by atoms with van der Waals surface area (Å²) in [6, 6.07) is 16.9. The summed E-state index contributed by atoms with van der Waals surface area (Å²) in [5, 5.41) is 21.8. The van der Waals surface area contributed by atoms with Gasteiger partial charge in [0.25, 0.3) is 0 Å². The second-order valence-corrected chi connectivity index (χ2v) is 8.20. The predicted octanol–water partition coefficient (Wildman–Crippen LogP) is 4.68. The van der Waals surface area contributed by atoms with Crippen molar-refractivity contribution >= 4 is 16.5 Å². The van der Waals surface area contributed by atoms with Crippen LogP contribution in [0.4, 0.5) is 5.69 Å². The van der Waals surface area contributed by atoms with Gasteiger partial charge in [0.2, 0.25) is 5.88 Å². The van der Waals surface area contributed by atoms with Crippen LogP contribution >= 0.6 is 0 Å². The molecule has 0 atom stereocenters. The Labute approximate surface area is 200 Å². The van der Waals surface area contributed by atoms with E-state index < -0.39 is 0 Å². The number of piperidine rings is 1. The predicted molar refractivity (Wildman–Crippen MR) is 131 cm³/mol. The Kier molecular flexibility index (Phi) is 7.93. The normalized spacial score (nSPS) is 13.4. The molecule has 7 nitrogen and oxygen atoms in total. The van der Waals surface area contributed by atoms with E-state index in [4.69, 9.17) is 14.2 Å². The van der Waals surface area contributed by atoms with E-state index in [9.17, 15) is 10.5 Å². The maximum Gasteiger partial charge on any atom is 0.232 e. The monoisotopic (exact) mass is 456 g/mol. The zero-order valence-electron chi connectivity index (χ0n) is 19.4. The van der Waals surface area contributed by atoms with Crippen molar-refractivity contribution < 1.29 is 14.2 Å². The second-order valence-electron chi connectivity index (χ2n) is 8.20. The number of nitrogens with zero attached hydrogens (tertiary/aromatic N) is 4. The standard InChI is InChI=1S/C27H28N4O3/c1-32-11-12-33-13-14-34-27-25(18-29)26(23(17-28)19-30-27)22-6-5-21-16-24(8-7-20(21)15-22)31-9-3-2-4-10-31/h5-8,15-16,19H,2-4,9-14H2,1H3. The zero-order valence-corrected chi connectivity index (χ0v) is 19.4. The first-order valence-electron chi connectivity index (χ1n) is 11.6. The van der Waals surface area contributed by atoms with Gasteiger partial charge in [-0.15, -0.1) is 0 Å². The molecule has 1 aliphatic heterocycles. The van der Waals surface area contributed by atoms with Crippen molar-refractivity contribution in [1.82, 2.24) is 4.98 Å². The van der Waals surface area contributed by atoms with Gasteiger partial charge < -0.3 is 19.1 Å². The fourth-order valence-electron chi connectivity index (χ4n) is 4.27. The van der Waals surface area contributed by atoms with Crippen molar-refractivity contribution in [3.05, 3.63) is 53.7 Å². The summed E-state index contributed by atoms with van der Waals surface area (Å²) >= 11 is 0. The molecule has 1 aromatic heterocycles. The van der Waals surface area contributed by atoms with Gasteiger partial charge in [0.1, 0.15) is 24.3 Å². The molecular formula is C27H28N4O3. The van der Waals surface area contributed by atoms with E-state index in [1.54, 1.807) is 7.11 Å². The largest absolute Gasteiger partial charge is 0.474 e. The molecule has 34 heavy (non-hydrogen) atoms. The fourth-order valence-corrected chi connectivity index (χ4v) is 4.27. The van der Waals surface area contributed by atoms with Crippen molar-refractivity contribution in [2.24, 2.45) is 0 Å². The van der Waals surface area contributed by atoms with E-state index in [1.807, 2.05) is 18.2 Å². The molecule has 0 aliphatic carbocycles. The fraction of sp³-hybridized carbons (Fsp3) is 0.370. The lowest BCUT2D eigenvalue weighted by Crippen LogP contribution is -2.29. The molecule has 2 aromatic carbocycles. The Morgan fingerprint density at radius 2 is 1.68 bits per heavy atom. The third-order valence-corrected chi connectivity index (χ3v) is 6.01. The minimum Gasteiger partial charge on any atom is -0.474 e. The minimum atomic E-state index is 0.201. The molecule has 0 spiro atoms. The maximum absolute atomic E-state index is 9.91. The van der Waals surface area contributed by atoms with Crippen LogP contribution in [0.15, 0.2) is 42.6 Å². The van der Waals surface area contributed by atoms with E-state index in [-0.39, 0.29) is 18.1 Å². The van der Waals surface area contributed by atoms with Crippen molar-refractivity contribution in [2.75, 3.05) is 51.5 Å². The second kappa shape index (κ2) is 11.5. The molecule has 0 radical (unpaired) electrons. The molecule has 3 aromatic rings. The molecule has 2 heterocycles. The molecule has 4 rings (SSSR count). The summed E-state index contributed by atoms with van der Waals surface area (Å²) < 4.78 is 16.1. The van der Waals surface area contributed by atoms with Gasteiger partial charge in [0, 0.05) is 37.6 Å². The van der Waals surface area contributed by atoms with Crippen molar-refractivity contribution in [1.29, 1.82) is 10.5 Å². The molecule has 0 saturated carbocycles. The van der Waals surface area contributed by atoms with Crippen LogP contribution < -0.4 is 9.64 Å². The van der Waals surface area contributed by atoms with Crippen LogP contribution in [0.5, 0.6) is 5.88 Å². The summed E-state index contributed by atoms with van der Waals surface area (Å²) in [6.07, 6.45) is 5.22.